The summed E-state index contributed by atoms with van der Waals surface area (Å²) in [5.74, 6) is 0.668. The molecule has 0 radical (unpaired) electrons. The van der Waals surface area contributed by atoms with Crippen LogP contribution >= 0.6 is 23.2 Å². The Kier molecular flexibility index (Phi) is 9.79. The van der Waals surface area contributed by atoms with E-state index in [-0.39, 0.29) is 0 Å². The Morgan fingerprint density at radius 3 is 2.19 bits per heavy atom. The van der Waals surface area contributed by atoms with Crippen LogP contribution in [0, 0.1) is 0 Å². The zero-order valence-corrected chi connectivity index (χ0v) is 14.1. The average Bonchev–Trinajstić information content (AvgIpc) is 2.47. The second-order valence-corrected chi connectivity index (χ2v) is 5.45. The van der Waals surface area contributed by atoms with E-state index >= 15 is 0 Å². The van der Waals surface area contributed by atoms with E-state index in [9.17, 15) is 0 Å². The highest BCUT2D eigenvalue weighted by molar-refractivity contribution is 6.35. The maximum absolute atomic E-state index is 6.06. The summed E-state index contributed by atoms with van der Waals surface area (Å²) in [7, 11) is 3.42. The number of hydrogen-bond donors (Lipinski definition) is 0. The second-order valence-electron chi connectivity index (χ2n) is 4.60. The molecule has 1 aromatic rings. The Morgan fingerprint density at radius 1 is 0.952 bits per heavy atom. The fourth-order valence-electron chi connectivity index (χ4n) is 1.84. The third-order valence-corrected chi connectivity index (χ3v) is 3.52. The summed E-state index contributed by atoms with van der Waals surface area (Å²) < 4.78 is 15.9. The molecule has 120 valence electrons. The Bertz CT molecular complexity index is 397. The molecule has 1 rings (SSSR count). The predicted molar refractivity (Wildman–Crippen MR) is 86.8 cm³/mol. The van der Waals surface area contributed by atoms with Gasteiger partial charge in [0.05, 0.1) is 24.8 Å². The number of nitrogens with zero attached hydrogens (tertiary/aromatic N) is 1. The minimum atomic E-state index is 0.540. The van der Waals surface area contributed by atoms with E-state index in [1.165, 1.54) is 0 Å². The highest BCUT2D eigenvalue weighted by Crippen LogP contribution is 2.27. The van der Waals surface area contributed by atoms with Gasteiger partial charge < -0.3 is 14.2 Å². The zero-order valence-electron chi connectivity index (χ0n) is 12.6. The Labute approximate surface area is 136 Å². The topological polar surface area (TPSA) is 30.9 Å². The molecule has 0 aromatic heterocycles. The van der Waals surface area contributed by atoms with Crippen LogP contribution in [-0.2, 0) is 9.47 Å². The van der Waals surface area contributed by atoms with Crippen molar-refractivity contribution in [3.05, 3.63) is 28.2 Å². The molecule has 0 unspecified atom stereocenters. The van der Waals surface area contributed by atoms with Gasteiger partial charge in [-0.25, -0.2) is 0 Å². The molecule has 4 nitrogen and oxygen atoms in total. The summed E-state index contributed by atoms with van der Waals surface area (Å²) in [6.07, 6.45) is 0.909. The van der Waals surface area contributed by atoms with Gasteiger partial charge in [-0.15, -0.1) is 0 Å². The van der Waals surface area contributed by atoms with Gasteiger partial charge in [-0.1, -0.05) is 23.2 Å². The molecule has 0 heterocycles. The van der Waals surface area contributed by atoms with Gasteiger partial charge >= 0.3 is 0 Å². The van der Waals surface area contributed by atoms with E-state index in [4.69, 9.17) is 37.4 Å². The number of halogens is 2. The molecule has 0 bridgehead atoms. The number of ether oxygens (including phenoxy) is 3. The third kappa shape index (κ3) is 7.88. The van der Waals surface area contributed by atoms with Crippen LogP contribution in [0.1, 0.15) is 6.42 Å². The normalized spacial score (nSPS) is 11.1. The molecule has 21 heavy (non-hydrogen) atoms. The van der Waals surface area contributed by atoms with Crippen LogP contribution in [0.3, 0.4) is 0 Å². The molecule has 1 aromatic carbocycles. The fraction of sp³-hybridized carbons (Fsp3) is 0.600. The average molecular weight is 336 g/mol. The maximum atomic E-state index is 6.06. The van der Waals surface area contributed by atoms with E-state index in [2.05, 4.69) is 4.90 Å². The van der Waals surface area contributed by atoms with Gasteiger partial charge in [0.1, 0.15) is 5.75 Å². The Hall–Kier alpha value is -0.520. The van der Waals surface area contributed by atoms with E-state index in [0.29, 0.717) is 35.6 Å². The number of rotatable bonds is 11. The minimum Gasteiger partial charge on any atom is -0.492 e. The van der Waals surface area contributed by atoms with E-state index < -0.39 is 0 Å². The quantitative estimate of drug-likeness (QED) is 0.580. The van der Waals surface area contributed by atoms with Crippen molar-refractivity contribution in [2.75, 3.05) is 53.7 Å². The highest BCUT2D eigenvalue weighted by atomic mass is 35.5. The molecular weight excluding hydrogens is 313 g/mol. The Balaban J connectivity index is 2.29. The molecule has 6 heteroatoms. The number of methoxy groups -OCH3 is 2. The summed E-state index contributed by atoms with van der Waals surface area (Å²) in [6, 6.07) is 5.24. The molecule has 0 aliphatic rings. The standard InChI is InChI=1S/C15H23Cl2NO3/c1-19-10-7-18(8-11-20-2)6-3-9-21-15-5-4-13(16)12-14(15)17/h4-5,12H,3,6-11H2,1-2H3. The van der Waals surface area contributed by atoms with Crippen LogP contribution < -0.4 is 4.74 Å². The first-order valence-electron chi connectivity index (χ1n) is 6.95. The van der Waals surface area contributed by atoms with E-state index in [0.717, 1.165) is 26.1 Å². The highest BCUT2D eigenvalue weighted by Gasteiger charge is 2.06. The second kappa shape index (κ2) is 11.1. The van der Waals surface area contributed by atoms with Gasteiger partial charge in [0.15, 0.2) is 0 Å². The van der Waals surface area contributed by atoms with Crippen LogP contribution in [-0.4, -0.2) is 58.6 Å². The smallest absolute Gasteiger partial charge is 0.137 e. The van der Waals surface area contributed by atoms with Crippen molar-refractivity contribution in [3.63, 3.8) is 0 Å². The first-order valence-corrected chi connectivity index (χ1v) is 7.71. The van der Waals surface area contributed by atoms with E-state index in [1.54, 1.807) is 32.4 Å². The van der Waals surface area contributed by atoms with Crippen LogP contribution in [0.15, 0.2) is 18.2 Å². The van der Waals surface area contributed by atoms with Crippen LogP contribution in [0.4, 0.5) is 0 Å². The summed E-state index contributed by atoms with van der Waals surface area (Å²) >= 11 is 11.9. The molecular formula is C15H23Cl2NO3. The molecule has 0 amide bonds. The predicted octanol–water partition coefficient (Wildman–Crippen LogP) is 3.36. The molecule has 0 saturated heterocycles. The van der Waals surface area contributed by atoms with Gasteiger partial charge in [-0.2, -0.15) is 0 Å². The van der Waals surface area contributed by atoms with Crippen molar-refractivity contribution in [3.8, 4) is 5.75 Å². The lowest BCUT2D eigenvalue weighted by molar-refractivity contribution is 0.110. The fourth-order valence-corrected chi connectivity index (χ4v) is 2.30. The van der Waals surface area contributed by atoms with Crippen molar-refractivity contribution < 1.29 is 14.2 Å². The van der Waals surface area contributed by atoms with E-state index in [1.807, 2.05) is 0 Å². The Morgan fingerprint density at radius 2 is 1.62 bits per heavy atom. The molecule has 0 aliphatic heterocycles. The third-order valence-electron chi connectivity index (χ3n) is 2.99. The van der Waals surface area contributed by atoms with Gasteiger partial charge in [0.2, 0.25) is 0 Å². The molecule has 0 atom stereocenters. The van der Waals surface area contributed by atoms with Crippen molar-refractivity contribution in [1.29, 1.82) is 0 Å². The molecule has 0 saturated carbocycles. The van der Waals surface area contributed by atoms with Crippen LogP contribution in [0.25, 0.3) is 0 Å². The molecule has 0 spiro atoms. The maximum Gasteiger partial charge on any atom is 0.137 e. The van der Waals surface area contributed by atoms with Crippen molar-refractivity contribution in [2.45, 2.75) is 6.42 Å². The number of hydrogen-bond acceptors (Lipinski definition) is 4. The van der Waals surface area contributed by atoms with Gasteiger partial charge in [-0.3, -0.25) is 4.90 Å². The van der Waals surface area contributed by atoms with Gasteiger partial charge in [0.25, 0.3) is 0 Å². The summed E-state index contributed by atoms with van der Waals surface area (Å²) in [4.78, 5) is 2.29. The first kappa shape index (κ1) is 18.5. The van der Waals surface area contributed by atoms with Crippen molar-refractivity contribution in [1.82, 2.24) is 4.90 Å². The lowest BCUT2D eigenvalue weighted by atomic mass is 10.3. The molecule has 0 N–H and O–H groups in total. The largest absolute Gasteiger partial charge is 0.492 e. The molecule has 0 aliphatic carbocycles. The lowest BCUT2D eigenvalue weighted by Crippen LogP contribution is -2.32. The summed E-state index contributed by atoms with van der Waals surface area (Å²) in [5.41, 5.74) is 0. The SMILES string of the molecule is COCCN(CCCOc1ccc(Cl)cc1Cl)CCOC. The van der Waals surface area contributed by atoms with Crippen molar-refractivity contribution >= 4 is 23.2 Å². The monoisotopic (exact) mass is 335 g/mol. The first-order chi connectivity index (χ1) is 10.2. The van der Waals surface area contributed by atoms with Crippen molar-refractivity contribution in [2.24, 2.45) is 0 Å². The van der Waals surface area contributed by atoms with Crippen LogP contribution in [0.2, 0.25) is 10.0 Å². The van der Waals surface area contributed by atoms with Gasteiger partial charge in [-0.05, 0) is 24.6 Å². The van der Waals surface area contributed by atoms with Crippen LogP contribution in [0.5, 0.6) is 5.75 Å². The summed E-state index contributed by atoms with van der Waals surface area (Å²) in [6.45, 7) is 4.75. The summed E-state index contributed by atoms with van der Waals surface area (Å²) in [5, 5.41) is 1.15. The number of benzene rings is 1. The molecule has 0 fully saturated rings. The van der Waals surface area contributed by atoms with Gasteiger partial charge in [0, 0.05) is 38.9 Å². The zero-order chi connectivity index (χ0) is 15.5. The minimum absolute atomic E-state index is 0.540. The lowest BCUT2D eigenvalue weighted by Gasteiger charge is -2.21.